The number of aromatic nitrogens is 1. The number of amides is 1. The summed E-state index contributed by atoms with van der Waals surface area (Å²) >= 11 is 0. The maximum Gasteiger partial charge on any atom is 0.418 e. The lowest BCUT2D eigenvalue weighted by Crippen LogP contribution is -2.26. The minimum atomic E-state index is -4.56. The molecule has 2 heterocycles. The van der Waals surface area contributed by atoms with Crippen LogP contribution >= 0.6 is 0 Å². The highest BCUT2D eigenvalue weighted by Gasteiger charge is 2.44. The van der Waals surface area contributed by atoms with Crippen molar-refractivity contribution in [3.8, 4) is 0 Å². The van der Waals surface area contributed by atoms with Crippen LogP contribution in [-0.2, 0) is 12.6 Å². The molecular weight excluding hydrogens is 425 g/mol. The Bertz CT molecular complexity index is 1530. The van der Waals surface area contributed by atoms with E-state index < -0.39 is 11.7 Å². The number of fused-ring (bicyclic) bond motifs is 3. The molecule has 0 bridgehead atoms. The van der Waals surface area contributed by atoms with Crippen LogP contribution in [-0.4, -0.2) is 10.9 Å². The van der Waals surface area contributed by atoms with Crippen LogP contribution in [0.15, 0.2) is 66.7 Å². The molecule has 0 saturated heterocycles. The number of nitrogens with zero attached hydrogens (tertiary/aromatic N) is 2. The van der Waals surface area contributed by atoms with Crippen molar-refractivity contribution < 1.29 is 18.0 Å². The molecule has 1 aliphatic heterocycles. The molecule has 1 aliphatic carbocycles. The fourth-order valence-electron chi connectivity index (χ4n) is 5.16. The van der Waals surface area contributed by atoms with Crippen LogP contribution in [0.2, 0.25) is 0 Å². The zero-order valence-corrected chi connectivity index (χ0v) is 18.0. The zero-order chi connectivity index (χ0) is 23.1. The maximum atomic E-state index is 14.0. The van der Waals surface area contributed by atoms with Crippen LogP contribution in [0, 0.1) is 5.41 Å². The Morgan fingerprint density at radius 2 is 1.61 bits per heavy atom. The molecule has 2 aliphatic rings. The lowest BCUT2D eigenvalue weighted by Gasteiger charge is -2.30. The number of anilines is 1. The first-order valence-electron chi connectivity index (χ1n) is 10.7. The predicted molar refractivity (Wildman–Crippen MR) is 123 cm³/mol. The van der Waals surface area contributed by atoms with Crippen LogP contribution in [0.4, 0.5) is 18.9 Å². The topological polar surface area (TPSA) is 33.2 Å². The van der Waals surface area contributed by atoms with Gasteiger partial charge in [-0.2, -0.15) is 13.2 Å². The number of rotatable bonds is 1. The van der Waals surface area contributed by atoms with Gasteiger partial charge in [0.2, 0.25) is 0 Å². The molecule has 3 aromatic carbocycles. The van der Waals surface area contributed by atoms with Crippen molar-refractivity contribution in [2.45, 2.75) is 26.4 Å². The van der Waals surface area contributed by atoms with Gasteiger partial charge in [-0.15, -0.1) is 0 Å². The Hall–Kier alpha value is -3.67. The second kappa shape index (κ2) is 6.44. The standard InChI is InChI=1S/C27H19F3N2O/c1-26(2)13-19-23-21(14-26)32(20-12-5-8-15-7-3-4-9-16(15)20)25(33)22(23)17-10-6-11-18(24(17)31-19)27(28,29)30/h3-12,14H,13H2,1-2H3. The van der Waals surface area contributed by atoms with E-state index in [0.29, 0.717) is 34.6 Å². The van der Waals surface area contributed by atoms with E-state index in [0.717, 1.165) is 16.8 Å². The van der Waals surface area contributed by atoms with Crippen molar-refractivity contribution >= 4 is 39.0 Å². The predicted octanol–water partition coefficient (Wildman–Crippen LogP) is 6.99. The van der Waals surface area contributed by atoms with Crippen LogP contribution < -0.4 is 4.90 Å². The van der Waals surface area contributed by atoms with Gasteiger partial charge in [0.15, 0.2) is 0 Å². The molecule has 1 amide bonds. The van der Waals surface area contributed by atoms with Gasteiger partial charge in [-0.1, -0.05) is 68.5 Å². The van der Waals surface area contributed by atoms with Crippen molar-refractivity contribution in [1.82, 2.24) is 4.98 Å². The summed E-state index contributed by atoms with van der Waals surface area (Å²) in [5, 5.41) is 2.12. The normalized spacial score (nSPS) is 16.9. The van der Waals surface area contributed by atoms with Crippen molar-refractivity contribution in [2.24, 2.45) is 5.41 Å². The van der Waals surface area contributed by atoms with Gasteiger partial charge >= 0.3 is 6.18 Å². The minimum absolute atomic E-state index is 0.163. The number of allylic oxidation sites excluding steroid dienone is 1. The average Bonchev–Trinajstić information content (AvgIpc) is 3.04. The monoisotopic (exact) mass is 444 g/mol. The fourth-order valence-corrected chi connectivity index (χ4v) is 5.16. The van der Waals surface area contributed by atoms with Gasteiger partial charge in [-0.25, -0.2) is 0 Å². The summed E-state index contributed by atoms with van der Waals surface area (Å²) in [6.07, 6.45) is -2.06. The van der Waals surface area contributed by atoms with Crippen molar-refractivity contribution in [2.75, 3.05) is 4.90 Å². The summed E-state index contributed by atoms with van der Waals surface area (Å²) in [5.74, 6) is -0.321. The number of para-hydroxylation sites is 1. The molecule has 6 rings (SSSR count). The van der Waals surface area contributed by atoms with E-state index in [-0.39, 0.29) is 22.2 Å². The van der Waals surface area contributed by atoms with E-state index in [1.165, 1.54) is 6.07 Å². The first kappa shape index (κ1) is 20.0. The highest BCUT2D eigenvalue weighted by molar-refractivity contribution is 6.29. The van der Waals surface area contributed by atoms with Gasteiger partial charge in [-0.05, 0) is 29.4 Å². The second-order valence-electron chi connectivity index (χ2n) is 9.34. The highest BCUT2D eigenvalue weighted by atomic mass is 19.4. The average molecular weight is 444 g/mol. The van der Waals surface area contributed by atoms with Crippen molar-refractivity contribution in [3.05, 3.63) is 89.1 Å². The summed E-state index contributed by atoms with van der Waals surface area (Å²) in [6, 6.07) is 17.5. The fraction of sp³-hybridized carbons (Fsp3) is 0.185. The molecule has 33 heavy (non-hydrogen) atoms. The molecule has 0 saturated carbocycles. The van der Waals surface area contributed by atoms with E-state index in [1.807, 2.05) is 62.4 Å². The van der Waals surface area contributed by atoms with E-state index in [2.05, 4.69) is 4.98 Å². The second-order valence-corrected chi connectivity index (χ2v) is 9.34. The number of alkyl halides is 3. The van der Waals surface area contributed by atoms with Gasteiger partial charge in [0.05, 0.1) is 33.7 Å². The number of hydrogen-bond acceptors (Lipinski definition) is 2. The number of halogens is 3. The molecule has 0 radical (unpaired) electrons. The number of pyridine rings is 1. The Labute approximate surface area is 188 Å². The third-order valence-electron chi connectivity index (χ3n) is 6.47. The molecule has 0 fully saturated rings. The van der Waals surface area contributed by atoms with Crippen LogP contribution in [0.5, 0.6) is 0 Å². The maximum absolute atomic E-state index is 14.0. The molecular formula is C27H19F3N2O. The summed E-state index contributed by atoms with van der Waals surface area (Å²) in [4.78, 5) is 20.1. The van der Waals surface area contributed by atoms with Gasteiger partial charge < -0.3 is 0 Å². The SMILES string of the molecule is CC1(C)C=C2c3c(nc4c(C(F)(F)F)cccc4c3C(=O)N2c2cccc3ccccc23)C1. The molecule has 0 spiro atoms. The Kier molecular flexibility index (Phi) is 3.90. The van der Waals surface area contributed by atoms with E-state index >= 15 is 0 Å². The van der Waals surface area contributed by atoms with Gasteiger partial charge in [0, 0.05) is 16.3 Å². The molecule has 3 nitrogen and oxygen atoms in total. The van der Waals surface area contributed by atoms with Crippen LogP contribution in [0.25, 0.3) is 27.4 Å². The summed E-state index contributed by atoms with van der Waals surface area (Å²) in [7, 11) is 0. The first-order chi connectivity index (χ1) is 15.7. The Morgan fingerprint density at radius 1 is 0.909 bits per heavy atom. The minimum Gasteiger partial charge on any atom is -0.276 e. The Balaban J connectivity index is 1.71. The van der Waals surface area contributed by atoms with Crippen LogP contribution in [0.3, 0.4) is 0 Å². The van der Waals surface area contributed by atoms with Crippen LogP contribution in [0.1, 0.15) is 41.0 Å². The summed E-state index contributed by atoms with van der Waals surface area (Å²) in [5.41, 5.74) is 1.55. The van der Waals surface area contributed by atoms with E-state index in [4.69, 9.17) is 0 Å². The quantitative estimate of drug-likeness (QED) is 0.317. The van der Waals surface area contributed by atoms with E-state index in [9.17, 15) is 18.0 Å². The molecule has 164 valence electrons. The van der Waals surface area contributed by atoms with Gasteiger partial charge in [-0.3, -0.25) is 14.7 Å². The Morgan fingerprint density at radius 3 is 2.39 bits per heavy atom. The lowest BCUT2D eigenvalue weighted by atomic mass is 9.79. The molecule has 0 N–H and O–H groups in total. The molecule has 6 heteroatoms. The molecule has 1 aromatic heterocycles. The third kappa shape index (κ3) is 2.83. The smallest absolute Gasteiger partial charge is 0.276 e. The number of carbonyl (C=O) groups excluding carboxylic acids is 1. The number of benzene rings is 3. The number of hydrogen-bond donors (Lipinski definition) is 0. The zero-order valence-electron chi connectivity index (χ0n) is 18.0. The van der Waals surface area contributed by atoms with Gasteiger partial charge in [0.1, 0.15) is 0 Å². The van der Waals surface area contributed by atoms with Gasteiger partial charge in [0.25, 0.3) is 5.91 Å². The van der Waals surface area contributed by atoms with Crippen molar-refractivity contribution in [3.63, 3.8) is 0 Å². The van der Waals surface area contributed by atoms with Crippen molar-refractivity contribution in [1.29, 1.82) is 0 Å². The summed E-state index contributed by atoms with van der Waals surface area (Å²) < 4.78 is 41.4. The third-order valence-corrected chi connectivity index (χ3v) is 6.47. The molecule has 0 unspecified atom stereocenters. The van der Waals surface area contributed by atoms with E-state index in [1.54, 1.807) is 11.0 Å². The largest absolute Gasteiger partial charge is 0.418 e. The lowest BCUT2D eigenvalue weighted by molar-refractivity contribution is -0.136. The first-order valence-corrected chi connectivity index (χ1v) is 10.7. The summed E-state index contributed by atoms with van der Waals surface area (Å²) in [6.45, 7) is 4.02. The highest BCUT2D eigenvalue weighted by Crippen LogP contribution is 2.49. The molecule has 0 atom stereocenters. The molecule has 4 aromatic rings. The number of carbonyl (C=O) groups is 1.